The van der Waals surface area contributed by atoms with E-state index in [2.05, 4.69) is 18.1 Å². The Bertz CT molecular complexity index is 478. The molecule has 7 heteroatoms. The van der Waals surface area contributed by atoms with E-state index < -0.39 is 18.0 Å². The number of nitrogens with one attached hydrogen (secondary N) is 1. The number of hydroxylamine groups is 1. The summed E-state index contributed by atoms with van der Waals surface area (Å²) in [6.45, 7) is 1.74. The Morgan fingerprint density at radius 1 is 1.16 bits per heavy atom. The molecular weight excluding hydrogens is 358 g/mol. The van der Waals surface area contributed by atoms with Crippen LogP contribution in [0.3, 0.4) is 0 Å². The van der Waals surface area contributed by atoms with Gasteiger partial charge in [-0.25, -0.2) is 4.79 Å². The van der Waals surface area contributed by atoms with Crippen LogP contribution in [0.15, 0.2) is 0 Å². The second-order valence-corrected chi connectivity index (χ2v) is 9.46. The van der Waals surface area contributed by atoms with Crippen molar-refractivity contribution in [3.05, 3.63) is 0 Å². The van der Waals surface area contributed by atoms with Gasteiger partial charge in [-0.05, 0) is 62.5 Å². The Labute approximate surface area is 159 Å². The predicted octanol–water partition coefficient (Wildman–Crippen LogP) is 2.84. The van der Waals surface area contributed by atoms with Gasteiger partial charge in [0.25, 0.3) is 0 Å². The highest BCUT2D eigenvalue weighted by Gasteiger charge is 2.51. The molecule has 4 aliphatic carbocycles. The molecule has 0 amide bonds. The number of ether oxygens (including phenoxy) is 1. The van der Waals surface area contributed by atoms with E-state index in [1.54, 1.807) is 6.92 Å². The number of thiol groups is 1. The maximum Gasteiger partial charge on any atom is 0.366 e. The van der Waals surface area contributed by atoms with E-state index in [-0.39, 0.29) is 11.5 Å². The fourth-order valence-electron chi connectivity index (χ4n) is 5.09. The first-order valence-corrected chi connectivity index (χ1v) is 11.3. The van der Waals surface area contributed by atoms with Crippen molar-refractivity contribution in [2.75, 3.05) is 17.8 Å². The van der Waals surface area contributed by atoms with Gasteiger partial charge in [-0.1, -0.05) is 6.92 Å². The van der Waals surface area contributed by atoms with Gasteiger partial charge in [0, 0.05) is 11.5 Å². The molecule has 0 spiro atoms. The van der Waals surface area contributed by atoms with Crippen molar-refractivity contribution in [2.45, 2.75) is 57.1 Å². The Morgan fingerprint density at radius 2 is 1.72 bits per heavy atom. The van der Waals surface area contributed by atoms with Gasteiger partial charge in [-0.15, -0.1) is 5.48 Å². The van der Waals surface area contributed by atoms with Gasteiger partial charge in [0.15, 0.2) is 0 Å². The lowest BCUT2D eigenvalue weighted by Gasteiger charge is -2.56. The summed E-state index contributed by atoms with van der Waals surface area (Å²) in [6.07, 6.45) is 8.30. The number of hydrogen-bond donors (Lipinski definition) is 2. The highest BCUT2D eigenvalue weighted by molar-refractivity contribution is 7.98. The molecule has 0 aliphatic heterocycles. The summed E-state index contributed by atoms with van der Waals surface area (Å²) >= 11 is 5.57. The number of esters is 1. The average molecular weight is 388 g/mol. The Morgan fingerprint density at radius 3 is 2.20 bits per heavy atom. The molecule has 25 heavy (non-hydrogen) atoms. The second kappa shape index (κ2) is 8.09. The van der Waals surface area contributed by atoms with Crippen LogP contribution < -0.4 is 5.48 Å². The first-order chi connectivity index (χ1) is 11.9. The van der Waals surface area contributed by atoms with Crippen LogP contribution in [0.2, 0.25) is 0 Å². The Hall–Kier alpha value is -0.400. The van der Waals surface area contributed by atoms with Crippen LogP contribution in [-0.2, 0) is 19.2 Å². The third kappa shape index (κ3) is 4.48. The summed E-state index contributed by atoms with van der Waals surface area (Å²) in [5.74, 6) is 1.87. The number of carbonyl (C=O) groups excluding carboxylic acids is 2. The first-order valence-electron chi connectivity index (χ1n) is 9.23. The highest BCUT2D eigenvalue weighted by Crippen LogP contribution is 2.55. The van der Waals surface area contributed by atoms with Crippen molar-refractivity contribution >= 4 is 36.3 Å². The molecule has 142 valence electrons. The van der Waals surface area contributed by atoms with Crippen molar-refractivity contribution in [1.82, 2.24) is 5.48 Å². The predicted molar refractivity (Wildman–Crippen MR) is 101 cm³/mol. The SMILES string of the molecule is CSC[C@H](OC(=O)[C@H](C)CS)C(=O)ONC12CC3CC(CC(C3)C1)C2. The maximum absolute atomic E-state index is 12.5. The average Bonchev–Trinajstić information content (AvgIpc) is 2.57. The summed E-state index contributed by atoms with van der Waals surface area (Å²) < 4.78 is 5.35. The van der Waals surface area contributed by atoms with Crippen molar-refractivity contribution in [2.24, 2.45) is 23.7 Å². The molecule has 0 heterocycles. The largest absolute Gasteiger partial charge is 0.449 e. The molecule has 0 aromatic rings. The molecule has 0 aromatic heterocycles. The summed E-state index contributed by atoms with van der Waals surface area (Å²) in [5.41, 5.74) is 3.06. The van der Waals surface area contributed by atoms with Crippen LogP contribution in [0, 0.1) is 23.7 Å². The molecule has 2 atom stereocenters. The van der Waals surface area contributed by atoms with Gasteiger partial charge in [-0.3, -0.25) is 4.79 Å². The zero-order chi connectivity index (χ0) is 18.0. The minimum Gasteiger partial charge on any atom is -0.449 e. The summed E-state index contributed by atoms with van der Waals surface area (Å²) in [4.78, 5) is 29.9. The molecule has 4 rings (SSSR count). The molecular formula is C18H29NO4S2. The smallest absolute Gasteiger partial charge is 0.366 e. The molecule has 4 fully saturated rings. The molecule has 5 nitrogen and oxygen atoms in total. The third-order valence-electron chi connectivity index (χ3n) is 5.92. The summed E-state index contributed by atoms with van der Waals surface area (Å²) in [7, 11) is 0. The molecule has 1 N–H and O–H groups in total. The van der Waals surface area contributed by atoms with Crippen LogP contribution in [0.25, 0.3) is 0 Å². The zero-order valence-corrected chi connectivity index (χ0v) is 16.7. The quantitative estimate of drug-likeness (QED) is 0.379. The van der Waals surface area contributed by atoms with Crippen molar-refractivity contribution in [3.8, 4) is 0 Å². The van der Waals surface area contributed by atoms with E-state index in [4.69, 9.17) is 9.57 Å². The zero-order valence-electron chi connectivity index (χ0n) is 15.0. The molecule has 4 aliphatic rings. The fraction of sp³-hybridized carbons (Fsp3) is 0.889. The van der Waals surface area contributed by atoms with E-state index in [0.29, 0.717) is 11.5 Å². The summed E-state index contributed by atoms with van der Waals surface area (Å²) in [5, 5.41) is 0. The summed E-state index contributed by atoms with van der Waals surface area (Å²) in [6, 6.07) is 0. The maximum atomic E-state index is 12.5. The lowest BCUT2D eigenvalue weighted by Crippen LogP contribution is -2.59. The standard InChI is InChI=1S/C18H29NO4S2/c1-11(9-24)16(20)22-15(10-25-2)17(21)23-19-18-6-12-3-13(7-18)5-14(4-12)8-18/h11-15,19,24H,3-10H2,1-2H3/t11-,12?,13?,14?,15+,18?/m1/s1. The first kappa shape index (κ1) is 19.4. The Kier molecular flexibility index (Phi) is 6.27. The molecule has 4 saturated carbocycles. The number of carbonyl (C=O) groups is 2. The molecule has 0 radical (unpaired) electrons. The van der Waals surface area contributed by atoms with Crippen LogP contribution in [0.4, 0.5) is 0 Å². The van der Waals surface area contributed by atoms with E-state index in [0.717, 1.165) is 37.0 Å². The number of thioether (sulfide) groups is 1. The van der Waals surface area contributed by atoms with Crippen molar-refractivity contribution in [1.29, 1.82) is 0 Å². The van der Waals surface area contributed by atoms with Gasteiger partial charge in [0.05, 0.1) is 11.5 Å². The molecule has 4 bridgehead atoms. The topological polar surface area (TPSA) is 64.6 Å². The number of hydrogen-bond acceptors (Lipinski definition) is 7. The highest BCUT2D eigenvalue weighted by atomic mass is 32.2. The molecule has 0 aromatic carbocycles. The van der Waals surface area contributed by atoms with Crippen molar-refractivity contribution in [3.63, 3.8) is 0 Å². The van der Waals surface area contributed by atoms with E-state index in [1.165, 1.54) is 31.0 Å². The monoisotopic (exact) mass is 387 g/mol. The van der Waals surface area contributed by atoms with Gasteiger partial charge < -0.3 is 9.57 Å². The molecule has 0 saturated heterocycles. The van der Waals surface area contributed by atoms with E-state index >= 15 is 0 Å². The fourth-order valence-corrected chi connectivity index (χ4v) is 5.75. The van der Waals surface area contributed by atoms with Crippen LogP contribution in [-0.4, -0.2) is 41.3 Å². The van der Waals surface area contributed by atoms with Crippen LogP contribution >= 0.6 is 24.4 Å². The van der Waals surface area contributed by atoms with E-state index in [9.17, 15) is 9.59 Å². The lowest BCUT2D eigenvalue weighted by molar-refractivity contribution is -0.182. The third-order valence-corrected chi connectivity index (χ3v) is 7.11. The molecule has 0 unspecified atom stereocenters. The van der Waals surface area contributed by atoms with Crippen molar-refractivity contribution < 1.29 is 19.2 Å². The van der Waals surface area contributed by atoms with Gasteiger partial charge in [0.1, 0.15) is 0 Å². The minimum atomic E-state index is -0.869. The van der Waals surface area contributed by atoms with Gasteiger partial charge in [0.2, 0.25) is 6.10 Å². The minimum absolute atomic E-state index is 0.0588. The lowest BCUT2D eigenvalue weighted by atomic mass is 9.53. The van der Waals surface area contributed by atoms with Gasteiger partial charge >= 0.3 is 11.9 Å². The normalized spacial score (nSPS) is 35.2. The number of rotatable bonds is 8. The van der Waals surface area contributed by atoms with Crippen LogP contribution in [0.5, 0.6) is 0 Å². The van der Waals surface area contributed by atoms with Crippen LogP contribution in [0.1, 0.15) is 45.4 Å². The van der Waals surface area contributed by atoms with Gasteiger partial charge in [-0.2, -0.15) is 24.4 Å². The Balaban J connectivity index is 1.55. The van der Waals surface area contributed by atoms with E-state index in [1.807, 2.05) is 6.26 Å². The second-order valence-electron chi connectivity index (χ2n) is 8.19.